The Balaban J connectivity index is 1.65. The number of hydrogen-bond acceptors (Lipinski definition) is 7. The molecule has 0 amide bonds. The van der Waals surface area contributed by atoms with Gasteiger partial charge in [-0.3, -0.25) is 9.59 Å². The van der Waals surface area contributed by atoms with Crippen molar-refractivity contribution in [3.05, 3.63) is 44.5 Å². The summed E-state index contributed by atoms with van der Waals surface area (Å²) in [6.45, 7) is 14.9. The van der Waals surface area contributed by atoms with Gasteiger partial charge in [0.1, 0.15) is 23.0 Å². The minimum Gasteiger partial charge on any atom is -0.480 e. The summed E-state index contributed by atoms with van der Waals surface area (Å²) >= 11 is 0. The average molecular weight is 495 g/mol. The molecule has 7 nitrogen and oxygen atoms in total. The van der Waals surface area contributed by atoms with Crippen molar-refractivity contribution in [1.82, 2.24) is 0 Å². The average Bonchev–Trinajstić information content (AvgIpc) is 2.86. The van der Waals surface area contributed by atoms with E-state index in [0.29, 0.717) is 48.7 Å². The van der Waals surface area contributed by atoms with Crippen molar-refractivity contribution < 1.29 is 33.3 Å². The molecule has 2 aromatic rings. The second-order valence-corrected chi connectivity index (χ2v) is 10.5. The van der Waals surface area contributed by atoms with Crippen LogP contribution in [0.25, 0.3) is 0 Å². The maximum atomic E-state index is 13.0. The fourth-order valence-electron chi connectivity index (χ4n) is 5.16. The number of hydrogen-bond donors (Lipinski definition) is 0. The molecule has 4 rings (SSSR count). The van der Waals surface area contributed by atoms with Crippen LogP contribution in [0, 0.1) is 41.5 Å². The Morgan fingerprint density at radius 2 is 1.03 bits per heavy atom. The van der Waals surface area contributed by atoms with Gasteiger partial charge in [0.15, 0.2) is 23.8 Å². The molecule has 0 aliphatic carbocycles. The molecule has 0 saturated heterocycles. The van der Waals surface area contributed by atoms with Crippen molar-refractivity contribution in [3.8, 4) is 23.0 Å². The summed E-state index contributed by atoms with van der Waals surface area (Å²) in [4.78, 5) is 36.1. The van der Waals surface area contributed by atoms with Gasteiger partial charge in [0, 0.05) is 11.1 Å². The van der Waals surface area contributed by atoms with Crippen molar-refractivity contribution in [2.24, 2.45) is 0 Å². The van der Waals surface area contributed by atoms with Gasteiger partial charge < -0.3 is 18.9 Å². The number of benzene rings is 2. The van der Waals surface area contributed by atoms with Crippen molar-refractivity contribution >= 4 is 18.7 Å². The van der Waals surface area contributed by atoms with Crippen molar-refractivity contribution in [2.45, 2.75) is 92.3 Å². The van der Waals surface area contributed by atoms with E-state index in [4.69, 9.17) is 18.9 Å². The van der Waals surface area contributed by atoms with Crippen LogP contribution in [0.1, 0.15) is 71.2 Å². The zero-order chi connectivity index (χ0) is 26.6. The van der Waals surface area contributed by atoms with E-state index >= 15 is 0 Å². The molecule has 0 radical (unpaired) electrons. The third kappa shape index (κ3) is 4.14. The highest BCUT2D eigenvalue weighted by Crippen LogP contribution is 2.45. The highest BCUT2D eigenvalue weighted by Gasteiger charge is 2.36. The van der Waals surface area contributed by atoms with Crippen LogP contribution < -0.4 is 18.9 Å². The number of rotatable bonds is 4. The molecule has 0 saturated carbocycles. The standard InChI is InChI=1S/C29H34O7/c1-15-17(3)25-21(9-11-28(7,13-30)35-25)19(5)23(15)33-27(32)34-24-16(2)18(4)26-22(20(24)6)10-12-29(8,14-31)36-26/h13-14H,9-12H2,1-8H3. The third-order valence-electron chi connectivity index (χ3n) is 7.90. The van der Waals surface area contributed by atoms with E-state index < -0.39 is 17.4 Å². The van der Waals surface area contributed by atoms with Crippen molar-refractivity contribution in [2.75, 3.05) is 0 Å². The summed E-state index contributed by atoms with van der Waals surface area (Å²) in [5.41, 5.74) is 4.94. The molecule has 7 heteroatoms. The molecular weight excluding hydrogens is 460 g/mol. The van der Waals surface area contributed by atoms with Gasteiger partial charge in [0.2, 0.25) is 0 Å². The molecule has 2 unspecified atom stereocenters. The fourth-order valence-corrected chi connectivity index (χ4v) is 5.16. The van der Waals surface area contributed by atoms with Gasteiger partial charge in [-0.05, 0) is 114 Å². The van der Waals surface area contributed by atoms with Crippen LogP contribution in [0.3, 0.4) is 0 Å². The van der Waals surface area contributed by atoms with Gasteiger partial charge in [-0.1, -0.05) is 0 Å². The summed E-state index contributed by atoms with van der Waals surface area (Å²) in [6.07, 6.45) is 3.25. The largest absolute Gasteiger partial charge is 0.519 e. The summed E-state index contributed by atoms with van der Waals surface area (Å²) in [5.74, 6) is 2.27. The Morgan fingerprint density at radius 1 is 0.667 bits per heavy atom. The van der Waals surface area contributed by atoms with E-state index in [-0.39, 0.29) is 0 Å². The summed E-state index contributed by atoms with van der Waals surface area (Å²) in [5, 5.41) is 0. The highest BCUT2D eigenvalue weighted by molar-refractivity contribution is 5.74. The number of ether oxygens (including phenoxy) is 4. The molecule has 0 bridgehead atoms. The maximum Gasteiger partial charge on any atom is 0.519 e. The van der Waals surface area contributed by atoms with Crippen LogP contribution in [-0.2, 0) is 22.4 Å². The monoisotopic (exact) mass is 494 g/mol. The maximum absolute atomic E-state index is 13.0. The van der Waals surface area contributed by atoms with Crippen LogP contribution in [0.15, 0.2) is 0 Å². The van der Waals surface area contributed by atoms with Gasteiger partial charge in [-0.25, -0.2) is 4.79 Å². The van der Waals surface area contributed by atoms with Crippen LogP contribution in [-0.4, -0.2) is 29.9 Å². The van der Waals surface area contributed by atoms with Crippen LogP contribution in [0.4, 0.5) is 4.79 Å². The predicted molar refractivity (Wildman–Crippen MR) is 135 cm³/mol. The Kier molecular flexibility index (Phi) is 6.40. The van der Waals surface area contributed by atoms with Crippen LogP contribution in [0.2, 0.25) is 0 Å². The van der Waals surface area contributed by atoms with E-state index in [9.17, 15) is 14.4 Å². The third-order valence-corrected chi connectivity index (χ3v) is 7.90. The zero-order valence-electron chi connectivity index (χ0n) is 22.3. The first-order valence-corrected chi connectivity index (χ1v) is 12.3. The first kappa shape index (κ1) is 25.7. The first-order chi connectivity index (χ1) is 16.8. The minimum atomic E-state index is -0.857. The van der Waals surface area contributed by atoms with Crippen molar-refractivity contribution in [3.63, 3.8) is 0 Å². The molecule has 2 aromatic carbocycles. The molecule has 36 heavy (non-hydrogen) atoms. The molecule has 0 spiro atoms. The lowest BCUT2D eigenvalue weighted by Gasteiger charge is -2.34. The van der Waals surface area contributed by atoms with Crippen LogP contribution in [0.5, 0.6) is 23.0 Å². The number of aldehydes is 2. The van der Waals surface area contributed by atoms with E-state index in [1.54, 1.807) is 13.8 Å². The van der Waals surface area contributed by atoms with Gasteiger partial charge >= 0.3 is 6.16 Å². The van der Waals surface area contributed by atoms with Gasteiger partial charge in [0.05, 0.1) is 0 Å². The van der Waals surface area contributed by atoms with E-state index in [1.807, 2.05) is 41.5 Å². The molecule has 2 atom stereocenters. The smallest absolute Gasteiger partial charge is 0.480 e. The second-order valence-electron chi connectivity index (χ2n) is 10.5. The summed E-state index contributed by atoms with van der Waals surface area (Å²) in [6, 6.07) is 0. The lowest BCUT2D eigenvalue weighted by molar-refractivity contribution is -0.121. The Bertz CT molecular complexity index is 1190. The topological polar surface area (TPSA) is 88.1 Å². The number of carbonyl (C=O) groups excluding carboxylic acids is 3. The number of fused-ring (bicyclic) bond motifs is 2. The first-order valence-electron chi connectivity index (χ1n) is 12.3. The molecule has 2 heterocycles. The van der Waals surface area contributed by atoms with Gasteiger partial charge in [-0.2, -0.15) is 0 Å². The molecule has 2 aliphatic rings. The van der Waals surface area contributed by atoms with E-state index in [1.165, 1.54) is 0 Å². The SMILES string of the molecule is Cc1c(C)c2c(c(C)c1OC(=O)Oc1c(C)c(C)c3c(c1C)CCC(C)(C=O)O3)CCC(C)(C=O)O2. The molecule has 0 N–H and O–H groups in total. The molecule has 2 aliphatic heterocycles. The lowest BCUT2D eigenvalue weighted by atomic mass is 9.88. The fraction of sp³-hybridized carbons (Fsp3) is 0.483. The highest BCUT2D eigenvalue weighted by atomic mass is 16.7. The minimum absolute atomic E-state index is 0.449. The van der Waals surface area contributed by atoms with Gasteiger partial charge in [0.25, 0.3) is 0 Å². The van der Waals surface area contributed by atoms with Crippen LogP contribution >= 0.6 is 0 Å². The predicted octanol–water partition coefficient (Wildman–Crippen LogP) is 5.68. The molecule has 0 fully saturated rings. The van der Waals surface area contributed by atoms with Crippen molar-refractivity contribution in [1.29, 1.82) is 0 Å². The quantitative estimate of drug-likeness (QED) is 0.307. The Hall–Kier alpha value is -3.35. The molecular formula is C29H34O7. The number of carbonyl (C=O) groups is 3. The molecule has 0 aromatic heterocycles. The zero-order valence-corrected chi connectivity index (χ0v) is 22.3. The van der Waals surface area contributed by atoms with E-state index in [2.05, 4.69) is 0 Å². The Labute approximate surface area is 212 Å². The second kappa shape index (κ2) is 8.95. The van der Waals surface area contributed by atoms with E-state index in [0.717, 1.165) is 57.1 Å². The lowest BCUT2D eigenvalue weighted by Crippen LogP contribution is -2.38. The molecule has 192 valence electrons. The van der Waals surface area contributed by atoms with Gasteiger partial charge in [-0.15, -0.1) is 0 Å². The summed E-state index contributed by atoms with van der Waals surface area (Å²) in [7, 11) is 0. The normalized spacial score (nSPS) is 22.4. The summed E-state index contributed by atoms with van der Waals surface area (Å²) < 4.78 is 23.7. The Morgan fingerprint density at radius 3 is 1.36 bits per heavy atom.